The predicted octanol–water partition coefficient (Wildman–Crippen LogP) is 12.5. The first kappa shape index (κ1) is 39.8. The lowest BCUT2D eigenvalue weighted by Crippen LogP contribution is -2.17. The van der Waals surface area contributed by atoms with E-state index in [1.54, 1.807) is 36.4 Å². The van der Waals surface area contributed by atoms with Crippen molar-refractivity contribution in [2.75, 3.05) is 4.49 Å². The number of hydrogen-bond acceptors (Lipinski definition) is 5. The van der Waals surface area contributed by atoms with Crippen LogP contribution < -0.4 is 4.49 Å². The van der Waals surface area contributed by atoms with Crippen LogP contribution in [0.15, 0.2) is 94.7 Å². The molecule has 0 amide bonds. The molecule has 4 aromatic carbocycles. The van der Waals surface area contributed by atoms with E-state index in [4.69, 9.17) is 8.39 Å². The number of sulfonamides is 1. The van der Waals surface area contributed by atoms with Gasteiger partial charge in [0.05, 0.1) is 9.79 Å². The quantitative estimate of drug-likeness (QED) is 0.192. The van der Waals surface area contributed by atoms with Crippen LogP contribution in [-0.2, 0) is 41.6 Å². The summed E-state index contributed by atoms with van der Waals surface area (Å²) in [5.74, 6) is 0. The molecule has 1 heterocycles. The number of fused-ring (bicyclic) bond motifs is 3. The van der Waals surface area contributed by atoms with Crippen molar-refractivity contribution in [3.63, 3.8) is 0 Å². The highest BCUT2D eigenvalue weighted by atomic mass is 32.3. The summed E-state index contributed by atoms with van der Waals surface area (Å²) in [5, 5.41) is 1.75. The van der Waals surface area contributed by atoms with E-state index in [1.165, 1.54) is 12.1 Å². The van der Waals surface area contributed by atoms with Gasteiger partial charge >= 0.3 is 8.16 Å². The lowest BCUT2D eigenvalue weighted by molar-refractivity contribution is 0.557. The van der Waals surface area contributed by atoms with Crippen LogP contribution in [0.3, 0.4) is 0 Å². The van der Waals surface area contributed by atoms with Crippen molar-refractivity contribution in [1.82, 2.24) is 0 Å². The van der Waals surface area contributed by atoms with Gasteiger partial charge in [-0.1, -0.05) is 134 Å². The first-order valence-electron chi connectivity index (χ1n) is 17.7. The van der Waals surface area contributed by atoms with Gasteiger partial charge in [-0.15, -0.1) is 4.49 Å². The van der Waals surface area contributed by atoms with Gasteiger partial charge in [0.1, 0.15) is 11.2 Å². The molecule has 0 saturated carbocycles. The third-order valence-electron chi connectivity index (χ3n) is 9.23. The molecule has 0 aliphatic rings. The van der Waals surface area contributed by atoms with Crippen LogP contribution in [0.25, 0.3) is 21.9 Å². The highest BCUT2D eigenvalue weighted by Gasteiger charge is 2.30. The minimum Gasteiger partial charge on any atom is -0.407 e. The van der Waals surface area contributed by atoms with E-state index >= 15 is 4.21 Å². The Morgan fingerprint density at radius 1 is 0.538 bits per heavy atom. The summed E-state index contributed by atoms with van der Waals surface area (Å²) in [6.45, 7) is 29.8. The molecule has 0 aliphatic carbocycles. The standard InChI is InChI=1S/C42H55N2O5PS2/c1-27-15-19-31(20-16-27)51(45,44-52(46,47)32-21-17-28(2)18-22-32)43-50-48-37-33(23-29(39(3,4)5)25-35(37)41(9,10)11)34-24-30(40(6,7)8)26-36(38(34)49-50)42(12,13)14/h15-26H,1-14H3,(H,43,44,45). The molecule has 0 aliphatic heterocycles. The first-order chi connectivity index (χ1) is 23.7. The van der Waals surface area contributed by atoms with E-state index in [0.717, 1.165) is 44.2 Å². The Bertz CT molecular complexity index is 2330. The van der Waals surface area contributed by atoms with Gasteiger partial charge in [0, 0.05) is 21.9 Å². The van der Waals surface area contributed by atoms with E-state index in [1.807, 2.05) is 13.8 Å². The molecule has 7 nitrogen and oxygen atoms in total. The molecular formula is C42H55N2O5PS2. The van der Waals surface area contributed by atoms with Crippen molar-refractivity contribution in [3.8, 4) is 0 Å². The maximum Gasteiger partial charge on any atom is 0.320 e. The van der Waals surface area contributed by atoms with Crippen LogP contribution in [0.5, 0.6) is 0 Å². The fourth-order valence-corrected chi connectivity index (χ4v) is 11.4. The number of hydrogen-bond donors (Lipinski definition) is 1. The molecule has 0 radical (unpaired) electrons. The Labute approximate surface area is 312 Å². The molecule has 1 atom stereocenters. The van der Waals surface area contributed by atoms with Gasteiger partial charge in [-0.3, -0.25) is 0 Å². The van der Waals surface area contributed by atoms with Crippen molar-refractivity contribution in [2.24, 2.45) is 3.77 Å². The first-order valence-corrected chi connectivity index (χ1v) is 21.8. The van der Waals surface area contributed by atoms with E-state index in [2.05, 4.69) is 116 Å². The lowest BCUT2D eigenvalue weighted by atomic mass is 9.77. The van der Waals surface area contributed by atoms with E-state index in [9.17, 15) is 8.42 Å². The fraction of sp³-hybridized carbons (Fsp3) is 0.429. The molecule has 0 spiro atoms. The van der Waals surface area contributed by atoms with E-state index in [-0.39, 0.29) is 31.5 Å². The summed E-state index contributed by atoms with van der Waals surface area (Å²) in [5.41, 5.74) is 6.18. The van der Waals surface area contributed by atoms with Gasteiger partial charge in [-0.05, 0) is 83.0 Å². The molecule has 0 saturated heterocycles. The molecule has 10 heteroatoms. The van der Waals surface area contributed by atoms with Gasteiger partial charge in [0.15, 0.2) is 9.92 Å². The Morgan fingerprint density at radius 2 is 0.904 bits per heavy atom. The summed E-state index contributed by atoms with van der Waals surface area (Å²) in [6, 6.07) is 22.0. The highest BCUT2D eigenvalue weighted by molar-refractivity contribution is 8.06. The second-order valence-corrected chi connectivity index (χ2v) is 23.2. The summed E-state index contributed by atoms with van der Waals surface area (Å²) >= 11 is 0. The molecule has 1 N–H and O–H groups in total. The van der Waals surface area contributed by atoms with Crippen LogP contribution in [0.1, 0.15) is 116 Å². The van der Waals surface area contributed by atoms with Gasteiger partial charge < -0.3 is 8.39 Å². The number of rotatable bonds is 5. The monoisotopic (exact) mass is 762 g/mol. The van der Waals surface area contributed by atoms with Gasteiger partial charge in [0.25, 0.3) is 10.0 Å². The lowest BCUT2D eigenvalue weighted by Gasteiger charge is -2.27. The van der Waals surface area contributed by atoms with Crippen LogP contribution >= 0.6 is 8.16 Å². The van der Waals surface area contributed by atoms with Crippen molar-refractivity contribution < 1.29 is 21.0 Å². The number of benzene rings is 4. The van der Waals surface area contributed by atoms with Crippen LogP contribution in [0, 0.1) is 13.8 Å². The number of aryl methyl sites for hydroxylation is 2. The molecule has 280 valence electrons. The zero-order valence-corrected chi connectivity index (χ0v) is 35.7. The van der Waals surface area contributed by atoms with E-state index < -0.39 is 28.1 Å². The molecule has 1 unspecified atom stereocenters. The highest BCUT2D eigenvalue weighted by Crippen LogP contribution is 2.45. The average molecular weight is 763 g/mol. The second-order valence-electron chi connectivity index (χ2n) is 18.0. The van der Waals surface area contributed by atoms with Crippen LogP contribution in [0.2, 0.25) is 0 Å². The molecule has 5 rings (SSSR count). The Hall–Kier alpha value is -3.36. The Morgan fingerprint density at radius 3 is 1.25 bits per heavy atom. The van der Waals surface area contributed by atoms with Gasteiger partial charge in [0.2, 0.25) is 0 Å². The third kappa shape index (κ3) is 8.38. The Kier molecular flexibility index (Phi) is 10.3. The molecule has 5 aromatic rings. The smallest absolute Gasteiger partial charge is 0.320 e. The summed E-state index contributed by atoms with van der Waals surface area (Å²) < 4.78 is 64.1. The largest absolute Gasteiger partial charge is 0.407 e. The van der Waals surface area contributed by atoms with Crippen molar-refractivity contribution in [3.05, 3.63) is 106 Å². The number of nitrogens with zero attached hydrogens (tertiary/aromatic N) is 1. The van der Waals surface area contributed by atoms with Crippen LogP contribution in [0.4, 0.5) is 0 Å². The summed E-state index contributed by atoms with van der Waals surface area (Å²) in [7, 11) is -10.6. The van der Waals surface area contributed by atoms with Crippen molar-refractivity contribution in [2.45, 2.75) is 128 Å². The van der Waals surface area contributed by atoms with Crippen LogP contribution in [-0.4, -0.2) is 12.6 Å². The minimum absolute atomic E-state index is 0.0552. The Balaban J connectivity index is 2.01. The SMILES string of the molecule is Cc1ccc(S(=O)(=O)N=S(=O)(Np2oc3c(C(C)(C)C)cc(C(C)(C)C)cc3c3cc(C(C)(C)C)cc(C(C)(C)C)c3o2)c2ccc(C)cc2)cc1. The fourth-order valence-electron chi connectivity index (χ4n) is 5.88. The second kappa shape index (κ2) is 13.5. The zero-order chi connectivity index (χ0) is 38.8. The summed E-state index contributed by atoms with van der Waals surface area (Å²) in [4.78, 5) is 0.145. The van der Waals surface area contributed by atoms with Crippen molar-refractivity contribution >= 4 is 50.0 Å². The van der Waals surface area contributed by atoms with E-state index in [0.29, 0.717) is 11.2 Å². The van der Waals surface area contributed by atoms with Gasteiger partial charge in [-0.2, -0.15) is 8.42 Å². The maximum atomic E-state index is 15.3. The van der Waals surface area contributed by atoms with Crippen molar-refractivity contribution in [1.29, 1.82) is 0 Å². The normalized spacial score (nSPS) is 14.4. The van der Waals surface area contributed by atoms with Gasteiger partial charge in [-0.25, -0.2) is 4.21 Å². The average Bonchev–Trinajstić information content (AvgIpc) is 3.14. The summed E-state index contributed by atoms with van der Waals surface area (Å²) in [6.07, 6.45) is 0. The minimum atomic E-state index is -4.39. The maximum absolute atomic E-state index is 15.3. The molecule has 0 bridgehead atoms. The molecular weight excluding hydrogens is 708 g/mol. The molecule has 52 heavy (non-hydrogen) atoms. The third-order valence-corrected chi connectivity index (χ3v) is 14.9. The predicted molar refractivity (Wildman–Crippen MR) is 219 cm³/mol. The molecule has 1 aromatic heterocycles. The topological polar surface area (TPSA) is 102 Å². The zero-order valence-electron chi connectivity index (χ0n) is 33.2. The molecule has 0 fully saturated rings. The number of nitrogens with one attached hydrogen (secondary N) is 1.